The van der Waals surface area contributed by atoms with Crippen LogP contribution in [0.5, 0.6) is 5.75 Å². The Labute approximate surface area is 166 Å². The van der Waals surface area contributed by atoms with Gasteiger partial charge in [-0.25, -0.2) is 4.79 Å². The van der Waals surface area contributed by atoms with E-state index in [-0.39, 0.29) is 11.9 Å². The number of rotatable bonds is 3. The Morgan fingerprint density at radius 3 is 2.29 bits per heavy atom. The Balaban J connectivity index is 1.46. The number of anilines is 1. The summed E-state index contributed by atoms with van der Waals surface area (Å²) in [7, 11) is 1.66. The van der Waals surface area contributed by atoms with Crippen LogP contribution in [0.4, 0.5) is 5.69 Å². The molecule has 28 heavy (non-hydrogen) atoms. The van der Waals surface area contributed by atoms with E-state index in [1.54, 1.807) is 14.0 Å². The summed E-state index contributed by atoms with van der Waals surface area (Å²) < 4.78 is 11.0. The van der Waals surface area contributed by atoms with Gasteiger partial charge in [-0.3, -0.25) is 4.79 Å². The van der Waals surface area contributed by atoms with Gasteiger partial charge < -0.3 is 19.3 Å². The van der Waals surface area contributed by atoms with Crippen LogP contribution in [0.1, 0.15) is 39.0 Å². The lowest BCUT2D eigenvalue weighted by molar-refractivity contribution is -0.150. The van der Waals surface area contributed by atoms with Crippen molar-refractivity contribution < 1.29 is 19.1 Å². The van der Waals surface area contributed by atoms with Crippen molar-refractivity contribution in [3.8, 4) is 5.75 Å². The standard InChI is InChI=1S/C22H28N2O4/c1-16-19(22(28-21(16)26)10-4-3-5-11-22)20(25)24-14-12-23(13-15-24)17-6-8-18(27-2)9-7-17/h6-9H,3-5,10-15H2,1-2H3. The summed E-state index contributed by atoms with van der Waals surface area (Å²) in [5.41, 5.74) is 1.58. The molecule has 150 valence electrons. The number of benzene rings is 1. The van der Waals surface area contributed by atoms with Crippen LogP contribution in [0.25, 0.3) is 0 Å². The molecular weight excluding hydrogens is 356 g/mol. The van der Waals surface area contributed by atoms with E-state index in [1.165, 1.54) is 0 Å². The van der Waals surface area contributed by atoms with Crippen molar-refractivity contribution in [2.45, 2.75) is 44.6 Å². The zero-order valence-electron chi connectivity index (χ0n) is 16.7. The van der Waals surface area contributed by atoms with Crippen LogP contribution in [0.15, 0.2) is 35.4 Å². The van der Waals surface area contributed by atoms with Gasteiger partial charge in [-0.2, -0.15) is 0 Å². The summed E-state index contributed by atoms with van der Waals surface area (Å²) in [6.45, 7) is 4.57. The van der Waals surface area contributed by atoms with E-state index in [9.17, 15) is 9.59 Å². The molecule has 0 bridgehead atoms. The summed E-state index contributed by atoms with van der Waals surface area (Å²) in [6, 6.07) is 8.00. The third kappa shape index (κ3) is 3.25. The number of nitrogens with zero attached hydrogens (tertiary/aromatic N) is 2. The smallest absolute Gasteiger partial charge is 0.335 e. The van der Waals surface area contributed by atoms with Crippen LogP contribution < -0.4 is 9.64 Å². The second-order valence-corrected chi connectivity index (χ2v) is 7.92. The average molecular weight is 384 g/mol. The minimum Gasteiger partial charge on any atom is -0.497 e. The van der Waals surface area contributed by atoms with E-state index < -0.39 is 5.60 Å². The lowest BCUT2D eigenvalue weighted by Gasteiger charge is -2.39. The molecule has 0 aromatic heterocycles. The Hall–Kier alpha value is -2.50. The number of carbonyl (C=O) groups is 2. The second-order valence-electron chi connectivity index (χ2n) is 7.92. The molecule has 3 aliphatic rings. The number of ether oxygens (including phenoxy) is 2. The zero-order chi connectivity index (χ0) is 19.7. The van der Waals surface area contributed by atoms with Gasteiger partial charge in [0.2, 0.25) is 0 Å². The maximum Gasteiger partial charge on any atom is 0.335 e. The van der Waals surface area contributed by atoms with Crippen molar-refractivity contribution in [2.24, 2.45) is 0 Å². The van der Waals surface area contributed by atoms with Gasteiger partial charge in [0.1, 0.15) is 11.4 Å². The molecule has 0 atom stereocenters. The van der Waals surface area contributed by atoms with Crippen molar-refractivity contribution in [3.63, 3.8) is 0 Å². The fourth-order valence-corrected chi connectivity index (χ4v) is 4.70. The lowest BCUT2D eigenvalue weighted by atomic mass is 9.78. The van der Waals surface area contributed by atoms with Crippen LogP contribution in [-0.4, -0.2) is 55.7 Å². The topological polar surface area (TPSA) is 59.1 Å². The first-order valence-corrected chi connectivity index (χ1v) is 10.2. The van der Waals surface area contributed by atoms with Gasteiger partial charge in [0, 0.05) is 37.4 Å². The molecule has 2 aliphatic heterocycles. The minimum atomic E-state index is -0.677. The zero-order valence-corrected chi connectivity index (χ0v) is 16.7. The summed E-state index contributed by atoms with van der Waals surface area (Å²) in [5.74, 6) is 0.505. The van der Waals surface area contributed by atoms with Gasteiger partial charge in [-0.05, 0) is 56.9 Å². The third-order valence-corrected chi connectivity index (χ3v) is 6.30. The number of amides is 1. The molecule has 1 aromatic carbocycles. The maximum absolute atomic E-state index is 13.4. The summed E-state index contributed by atoms with van der Waals surface area (Å²) in [6.07, 6.45) is 4.68. The molecule has 1 spiro atoms. The molecule has 6 nitrogen and oxygen atoms in total. The van der Waals surface area contributed by atoms with E-state index in [0.717, 1.165) is 56.6 Å². The molecule has 0 N–H and O–H groups in total. The van der Waals surface area contributed by atoms with Gasteiger partial charge in [0.05, 0.1) is 12.7 Å². The molecule has 4 rings (SSSR count). The summed E-state index contributed by atoms with van der Waals surface area (Å²) in [4.78, 5) is 29.8. The monoisotopic (exact) mass is 384 g/mol. The van der Waals surface area contributed by atoms with E-state index in [0.29, 0.717) is 24.2 Å². The highest BCUT2D eigenvalue weighted by molar-refractivity contribution is 6.07. The quantitative estimate of drug-likeness (QED) is 0.750. The molecule has 6 heteroatoms. The van der Waals surface area contributed by atoms with E-state index in [4.69, 9.17) is 9.47 Å². The first kappa shape index (κ1) is 18.8. The minimum absolute atomic E-state index is 0.0142. The van der Waals surface area contributed by atoms with Crippen LogP contribution in [-0.2, 0) is 14.3 Å². The highest BCUT2D eigenvalue weighted by Crippen LogP contribution is 2.44. The molecule has 1 amide bonds. The van der Waals surface area contributed by atoms with Crippen LogP contribution in [0.3, 0.4) is 0 Å². The SMILES string of the molecule is COc1ccc(N2CCN(C(=O)C3=C(C)C(=O)OC34CCCCC4)CC2)cc1. The summed E-state index contributed by atoms with van der Waals surface area (Å²) in [5, 5.41) is 0. The molecule has 1 aromatic rings. The number of piperazine rings is 1. The molecule has 0 radical (unpaired) electrons. The van der Waals surface area contributed by atoms with Crippen molar-refractivity contribution in [1.29, 1.82) is 0 Å². The number of hydrogen-bond donors (Lipinski definition) is 0. The van der Waals surface area contributed by atoms with Gasteiger partial charge in [0.15, 0.2) is 0 Å². The highest BCUT2D eigenvalue weighted by atomic mass is 16.6. The number of esters is 1. The first-order valence-electron chi connectivity index (χ1n) is 10.2. The van der Waals surface area contributed by atoms with Crippen molar-refractivity contribution in [3.05, 3.63) is 35.4 Å². The van der Waals surface area contributed by atoms with Crippen molar-refractivity contribution in [2.75, 3.05) is 38.2 Å². The fraction of sp³-hybridized carbons (Fsp3) is 0.545. The van der Waals surface area contributed by atoms with Gasteiger partial charge in [-0.1, -0.05) is 6.42 Å². The van der Waals surface area contributed by atoms with Crippen molar-refractivity contribution >= 4 is 17.6 Å². The van der Waals surface area contributed by atoms with E-state index >= 15 is 0 Å². The average Bonchev–Trinajstić information content (AvgIpc) is 2.97. The predicted octanol–water partition coefficient (Wildman–Crippen LogP) is 2.92. The Kier molecular flexibility index (Phi) is 5.04. The fourth-order valence-electron chi connectivity index (χ4n) is 4.70. The van der Waals surface area contributed by atoms with E-state index in [2.05, 4.69) is 4.90 Å². The Bertz CT molecular complexity index is 785. The van der Waals surface area contributed by atoms with Gasteiger partial charge >= 0.3 is 5.97 Å². The predicted molar refractivity (Wildman–Crippen MR) is 106 cm³/mol. The first-order chi connectivity index (χ1) is 13.5. The Morgan fingerprint density at radius 2 is 1.68 bits per heavy atom. The van der Waals surface area contributed by atoms with E-state index in [1.807, 2.05) is 29.2 Å². The molecule has 1 saturated heterocycles. The van der Waals surface area contributed by atoms with Crippen LogP contribution >= 0.6 is 0 Å². The number of carbonyl (C=O) groups excluding carboxylic acids is 2. The summed E-state index contributed by atoms with van der Waals surface area (Å²) >= 11 is 0. The lowest BCUT2D eigenvalue weighted by Crippen LogP contribution is -2.51. The molecule has 2 heterocycles. The molecule has 1 aliphatic carbocycles. The third-order valence-electron chi connectivity index (χ3n) is 6.30. The highest BCUT2D eigenvalue weighted by Gasteiger charge is 2.50. The maximum atomic E-state index is 13.4. The normalized spacial score (nSPS) is 21.9. The number of methoxy groups -OCH3 is 1. The molecule has 0 unspecified atom stereocenters. The molecular formula is C22H28N2O4. The molecule has 2 fully saturated rings. The largest absolute Gasteiger partial charge is 0.497 e. The van der Waals surface area contributed by atoms with Crippen molar-refractivity contribution in [1.82, 2.24) is 4.90 Å². The van der Waals surface area contributed by atoms with Gasteiger partial charge in [0.25, 0.3) is 5.91 Å². The van der Waals surface area contributed by atoms with Gasteiger partial charge in [-0.15, -0.1) is 0 Å². The van der Waals surface area contributed by atoms with Crippen LogP contribution in [0, 0.1) is 0 Å². The molecule has 1 saturated carbocycles. The second kappa shape index (κ2) is 7.49. The van der Waals surface area contributed by atoms with Crippen LogP contribution in [0.2, 0.25) is 0 Å². The Morgan fingerprint density at radius 1 is 1.04 bits per heavy atom. The number of hydrogen-bond acceptors (Lipinski definition) is 5.